The molecule has 0 radical (unpaired) electrons. The number of fused-ring (bicyclic) bond motifs is 4. The van der Waals surface area contributed by atoms with Crippen molar-refractivity contribution >= 4 is 43.1 Å². The van der Waals surface area contributed by atoms with E-state index in [1.165, 1.54) is 0 Å². The average molecular weight is 539 g/mol. The van der Waals surface area contributed by atoms with Gasteiger partial charge in [-0.25, -0.2) is 0 Å². The molecule has 0 heterocycles. The van der Waals surface area contributed by atoms with Gasteiger partial charge in [-0.15, -0.1) is 0 Å². The van der Waals surface area contributed by atoms with Gasteiger partial charge in [0.1, 0.15) is 11.5 Å². The normalized spacial score (nSPS) is 11.5. The van der Waals surface area contributed by atoms with Gasteiger partial charge >= 0.3 is 0 Å². The van der Waals surface area contributed by atoms with Crippen molar-refractivity contribution in [2.45, 2.75) is 0 Å². The zero-order valence-electron chi connectivity index (χ0n) is 22.8. The van der Waals surface area contributed by atoms with Crippen molar-refractivity contribution in [3.63, 3.8) is 0 Å². The summed E-state index contributed by atoms with van der Waals surface area (Å²) in [4.78, 5) is 0. The molecule has 2 N–H and O–H groups in total. The molecule has 0 saturated carbocycles. The van der Waals surface area contributed by atoms with Gasteiger partial charge in [0, 0.05) is 22.3 Å². The van der Waals surface area contributed by atoms with Gasteiger partial charge in [-0.1, -0.05) is 121 Å². The largest absolute Gasteiger partial charge is 0.507 e. The van der Waals surface area contributed by atoms with Gasteiger partial charge < -0.3 is 10.2 Å². The summed E-state index contributed by atoms with van der Waals surface area (Å²) in [5, 5.41) is 32.5. The number of aromatic hydroxyl groups is 2. The first-order valence-electron chi connectivity index (χ1n) is 14.1. The topological polar surface area (TPSA) is 40.5 Å². The highest BCUT2D eigenvalue weighted by Gasteiger charge is 2.23. The standard InChI is InChI=1S/C40H26O2/c41-39-35(31-19-17-25-9-1-3-11-27(25)21-31)23-29-13-5-7-15-33(29)37(39)38-34-16-8-6-14-30(34)24-36(40(38)42)32-20-18-26-10-2-4-12-28(26)22-32/h1-24,41-42H. The molecule has 0 spiro atoms. The van der Waals surface area contributed by atoms with Crippen LogP contribution in [-0.2, 0) is 0 Å². The van der Waals surface area contributed by atoms with Crippen LogP contribution in [0.15, 0.2) is 146 Å². The molecule has 8 aromatic rings. The SMILES string of the molecule is Oc1c(-c2ccc3ccccc3c2)cc2ccccc2c1-c1c(O)c(-c2ccc3ccccc3c2)cc2ccccc12. The fourth-order valence-electron chi connectivity index (χ4n) is 6.33. The summed E-state index contributed by atoms with van der Waals surface area (Å²) in [5.41, 5.74) is 4.57. The number of hydrogen-bond acceptors (Lipinski definition) is 2. The van der Waals surface area contributed by atoms with E-state index in [1.54, 1.807) is 0 Å². The zero-order valence-corrected chi connectivity index (χ0v) is 22.8. The monoisotopic (exact) mass is 538 g/mol. The van der Waals surface area contributed by atoms with Gasteiger partial charge in [-0.3, -0.25) is 0 Å². The molecular formula is C40H26O2. The Morgan fingerprint density at radius 3 is 1.10 bits per heavy atom. The van der Waals surface area contributed by atoms with E-state index in [2.05, 4.69) is 72.8 Å². The van der Waals surface area contributed by atoms with Gasteiger partial charge in [-0.05, 0) is 78.5 Å². The Balaban J connectivity index is 1.46. The number of rotatable bonds is 3. The molecule has 2 nitrogen and oxygen atoms in total. The number of phenols is 2. The highest BCUT2D eigenvalue weighted by Crippen LogP contribution is 2.51. The molecule has 8 aromatic carbocycles. The summed E-state index contributed by atoms with van der Waals surface area (Å²) in [6, 6.07) is 49.2. The van der Waals surface area contributed by atoms with Crippen molar-refractivity contribution in [3.8, 4) is 44.9 Å². The highest BCUT2D eigenvalue weighted by atomic mass is 16.3. The lowest BCUT2D eigenvalue weighted by atomic mass is 9.86. The Labute approximate surface area is 243 Å². The minimum atomic E-state index is 0.153. The van der Waals surface area contributed by atoms with Crippen molar-refractivity contribution in [2.75, 3.05) is 0 Å². The Kier molecular flexibility index (Phi) is 5.48. The molecule has 8 rings (SSSR count). The molecule has 0 atom stereocenters. The van der Waals surface area contributed by atoms with Gasteiger partial charge in [0.15, 0.2) is 0 Å². The fraction of sp³-hybridized carbons (Fsp3) is 0. The maximum Gasteiger partial charge on any atom is 0.132 e. The average Bonchev–Trinajstić information content (AvgIpc) is 3.04. The van der Waals surface area contributed by atoms with Crippen LogP contribution in [0, 0.1) is 0 Å². The maximum absolute atomic E-state index is 12.1. The molecule has 0 unspecified atom stereocenters. The lowest BCUT2D eigenvalue weighted by Crippen LogP contribution is -1.92. The Morgan fingerprint density at radius 1 is 0.310 bits per heavy atom. The third kappa shape index (κ3) is 3.81. The van der Waals surface area contributed by atoms with E-state index < -0.39 is 0 Å². The van der Waals surface area contributed by atoms with Crippen molar-refractivity contribution in [3.05, 3.63) is 146 Å². The second-order valence-corrected chi connectivity index (χ2v) is 10.9. The van der Waals surface area contributed by atoms with Crippen LogP contribution in [-0.4, -0.2) is 10.2 Å². The van der Waals surface area contributed by atoms with Crippen molar-refractivity contribution in [2.24, 2.45) is 0 Å². The predicted octanol–water partition coefficient (Wildman–Crippen LogP) is 10.7. The van der Waals surface area contributed by atoms with Gasteiger partial charge in [0.05, 0.1) is 0 Å². The predicted molar refractivity (Wildman–Crippen MR) is 176 cm³/mol. The first-order chi connectivity index (χ1) is 20.7. The van der Waals surface area contributed by atoms with Crippen LogP contribution < -0.4 is 0 Å². The fourth-order valence-corrected chi connectivity index (χ4v) is 6.33. The molecule has 0 bridgehead atoms. The van der Waals surface area contributed by atoms with Crippen molar-refractivity contribution in [1.29, 1.82) is 0 Å². The highest BCUT2D eigenvalue weighted by molar-refractivity contribution is 6.14. The summed E-state index contributed by atoms with van der Waals surface area (Å²) in [5.74, 6) is 0.306. The summed E-state index contributed by atoms with van der Waals surface area (Å²) in [7, 11) is 0. The van der Waals surface area contributed by atoms with Crippen molar-refractivity contribution in [1.82, 2.24) is 0 Å². The molecule has 0 aliphatic rings. The quantitative estimate of drug-likeness (QED) is 0.235. The van der Waals surface area contributed by atoms with Crippen LogP contribution in [0.3, 0.4) is 0 Å². The second kappa shape index (κ2) is 9.50. The van der Waals surface area contributed by atoms with E-state index in [0.29, 0.717) is 11.1 Å². The van der Waals surface area contributed by atoms with E-state index in [4.69, 9.17) is 0 Å². The molecule has 0 aromatic heterocycles. The zero-order chi connectivity index (χ0) is 28.2. The Bertz CT molecular complexity index is 2160. The maximum atomic E-state index is 12.1. The van der Waals surface area contributed by atoms with Crippen LogP contribution in [0.2, 0.25) is 0 Å². The molecule has 0 fully saturated rings. The van der Waals surface area contributed by atoms with E-state index in [0.717, 1.165) is 65.3 Å². The first-order valence-corrected chi connectivity index (χ1v) is 14.1. The lowest BCUT2D eigenvalue weighted by Gasteiger charge is -2.19. The van der Waals surface area contributed by atoms with Crippen LogP contribution in [0.25, 0.3) is 76.5 Å². The summed E-state index contributed by atoms with van der Waals surface area (Å²) < 4.78 is 0. The van der Waals surface area contributed by atoms with Crippen LogP contribution in [0.1, 0.15) is 0 Å². The lowest BCUT2D eigenvalue weighted by molar-refractivity contribution is 0.472. The van der Waals surface area contributed by atoms with Gasteiger partial charge in [-0.2, -0.15) is 0 Å². The van der Waals surface area contributed by atoms with E-state index >= 15 is 0 Å². The number of benzene rings is 8. The second-order valence-electron chi connectivity index (χ2n) is 10.9. The summed E-state index contributed by atoms with van der Waals surface area (Å²) >= 11 is 0. The molecule has 0 aliphatic heterocycles. The van der Waals surface area contributed by atoms with Gasteiger partial charge in [0.25, 0.3) is 0 Å². The number of hydrogen-bond donors (Lipinski definition) is 2. The Hall–Kier alpha value is -5.60. The van der Waals surface area contributed by atoms with Crippen LogP contribution in [0.5, 0.6) is 11.5 Å². The molecule has 0 aliphatic carbocycles. The van der Waals surface area contributed by atoms with E-state index in [1.807, 2.05) is 72.8 Å². The molecule has 2 heteroatoms. The Morgan fingerprint density at radius 2 is 0.667 bits per heavy atom. The van der Waals surface area contributed by atoms with Crippen molar-refractivity contribution < 1.29 is 10.2 Å². The summed E-state index contributed by atoms with van der Waals surface area (Å²) in [6.45, 7) is 0. The first kappa shape index (κ1) is 24.2. The van der Waals surface area contributed by atoms with Crippen LogP contribution in [0.4, 0.5) is 0 Å². The molecule has 42 heavy (non-hydrogen) atoms. The minimum absolute atomic E-state index is 0.153. The molecule has 198 valence electrons. The van der Waals surface area contributed by atoms with E-state index in [9.17, 15) is 10.2 Å². The third-order valence-corrected chi connectivity index (χ3v) is 8.41. The van der Waals surface area contributed by atoms with E-state index in [-0.39, 0.29) is 11.5 Å². The van der Waals surface area contributed by atoms with Gasteiger partial charge in [0.2, 0.25) is 0 Å². The molecule has 0 saturated heterocycles. The molecule has 0 amide bonds. The number of phenolic OH excluding ortho intramolecular Hbond substituents is 2. The van der Waals surface area contributed by atoms with Crippen LogP contribution >= 0.6 is 0 Å². The molecular weight excluding hydrogens is 512 g/mol. The third-order valence-electron chi connectivity index (χ3n) is 8.41. The minimum Gasteiger partial charge on any atom is -0.507 e. The smallest absolute Gasteiger partial charge is 0.132 e. The summed E-state index contributed by atoms with van der Waals surface area (Å²) in [6.07, 6.45) is 0.